The van der Waals surface area contributed by atoms with Gasteiger partial charge in [0, 0.05) is 35.0 Å². The normalized spacial score (nSPS) is 20.5. The van der Waals surface area contributed by atoms with E-state index in [-0.39, 0.29) is 16.9 Å². The van der Waals surface area contributed by atoms with Crippen molar-refractivity contribution in [2.75, 3.05) is 23.5 Å². The third-order valence-electron chi connectivity index (χ3n) is 2.56. The Kier molecular flexibility index (Phi) is 3.90. The molecule has 1 unspecified atom stereocenters. The van der Waals surface area contributed by atoms with Crippen LogP contribution in [0.2, 0.25) is 0 Å². The molecule has 0 bridgehead atoms. The van der Waals surface area contributed by atoms with Crippen molar-refractivity contribution >= 4 is 20.6 Å². The van der Waals surface area contributed by atoms with Gasteiger partial charge in [0.1, 0.15) is 9.84 Å². The molecule has 4 nitrogen and oxygen atoms in total. The molecule has 15 heavy (non-hydrogen) atoms. The maximum absolute atomic E-state index is 11.6. The van der Waals surface area contributed by atoms with Gasteiger partial charge in [0.25, 0.3) is 0 Å². The molecule has 0 aromatic rings. The standard InChI is InChI=1S/C9H15NO3S2/c1-15(12,13)7-6-14(11)8-9(2-3-9)4-5-10/h2-4,6-8H2,1H3. The van der Waals surface area contributed by atoms with Crippen molar-refractivity contribution in [1.82, 2.24) is 0 Å². The lowest BCUT2D eigenvalue weighted by molar-refractivity contribution is 0.586. The van der Waals surface area contributed by atoms with Gasteiger partial charge in [-0.3, -0.25) is 4.21 Å². The maximum Gasteiger partial charge on any atom is 0.148 e. The number of nitrogens with zero attached hydrogens (tertiary/aromatic N) is 1. The predicted octanol–water partition coefficient (Wildman–Crippen LogP) is 0.474. The van der Waals surface area contributed by atoms with Gasteiger partial charge < -0.3 is 0 Å². The highest BCUT2D eigenvalue weighted by Crippen LogP contribution is 2.49. The second-order valence-electron chi connectivity index (χ2n) is 4.25. The Morgan fingerprint density at radius 2 is 2.07 bits per heavy atom. The van der Waals surface area contributed by atoms with Crippen LogP contribution >= 0.6 is 0 Å². The topological polar surface area (TPSA) is 75.0 Å². The van der Waals surface area contributed by atoms with Gasteiger partial charge in [-0.05, 0) is 18.3 Å². The van der Waals surface area contributed by atoms with E-state index in [1.54, 1.807) is 0 Å². The molecule has 0 saturated heterocycles. The van der Waals surface area contributed by atoms with Gasteiger partial charge in [0.2, 0.25) is 0 Å². The molecule has 1 fully saturated rings. The summed E-state index contributed by atoms with van der Waals surface area (Å²) in [6, 6.07) is 2.10. The zero-order chi connectivity index (χ0) is 11.5. The summed E-state index contributed by atoms with van der Waals surface area (Å²) in [5, 5.41) is 8.57. The Labute approximate surface area is 93.0 Å². The van der Waals surface area contributed by atoms with E-state index >= 15 is 0 Å². The molecule has 0 radical (unpaired) electrons. The molecule has 0 amide bonds. The van der Waals surface area contributed by atoms with E-state index in [0.717, 1.165) is 19.1 Å². The molecule has 6 heteroatoms. The fourth-order valence-electron chi connectivity index (χ4n) is 1.37. The molecule has 1 aliphatic carbocycles. The van der Waals surface area contributed by atoms with Gasteiger partial charge in [0.15, 0.2) is 0 Å². The largest absolute Gasteiger partial charge is 0.260 e. The lowest BCUT2D eigenvalue weighted by Crippen LogP contribution is -2.18. The van der Waals surface area contributed by atoms with Crippen LogP contribution < -0.4 is 0 Å². The van der Waals surface area contributed by atoms with Crippen molar-refractivity contribution < 1.29 is 12.6 Å². The van der Waals surface area contributed by atoms with Gasteiger partial charge in [-0.1, -0.05) is 0 Å². The van der Waals surface area contributed by atoms with E-state index in [2.05, 4.69) is 6.07 Å². The van der Waals surface area contributed by atoms with Crippen molar-refractivity contribution in [3.8, 4) is 6.07 Å². The van der Waals surface area contributed by atoms with E-state index in [1.807, 2.05) is 0 Å². The van der Waals surface area contributed by atoms with Gasteiger partial charge >= 0.3 is 0 Å². The minimum Gasteiger partial charge on any atom is -0.260 e. The van der Waals surface area contributed by atoms with E-state index in [0.29, 0.717) is 12.2 Å². The molecule has 0 spiro atoms. The van der Waals surface area contributed by atoms with Crippen LogP contribution in [0.5, 0.6) is 0 Å². The molecule has 0 aromatic heterocycles. The summed E-state index contributed by atoms with van der Waals surface area (Å²) in [6.07, 6.45) is 3.49. The van der Waals surface area contributed by atoms with E-state index in [9.17, 15) is 12.6 Å². The molecule has 0 aliphatic heterocycles. The highest BCUT2D eigenvalue weighted by Gasteiger charge is 2.43. The number of rotatable bonds is 6. The van der Waals surface area contributed by atoms with Crippen LogP contribution in [0.15, 0.2) is 0 Å². The minimum atomic E-state index is -3.02. The molecular weight excluding hydrogens is 234 g/mol. The summed E-state index contributed by atoms with van der Waals surface area (Å²) in [7, 11) is -4.13. The zero-order valence-electron chi connectivity index (χ0n) is 8.73. The predicted molar refractivity (Wildman–Crippen MR) is 59.5 cm³/mol. The van der Waals surface area contributed by atoms with Crippen molar-refractivity contribution in [1.29, 1.82) is 5.26 Å². The average Bonchev–Trinajstić information content (AvgIpc) is 2.81. The second-order valence-corrected chi connectivity index (χ2v) is 8.09. The van der Waals surface area contributed by atoms with Crippen LogP contribution in [-0.2, 0) is 20.6 Å². The minimum absolute atomic E-state index is 0.0256. The summed E-state index contributed by atoms with van der Waals surface area (Å²) < 4.78 is 33.3. The van der Waals surface area contributed by atoms with Crippen LogP contribution in [0.1, 0.15) is 19.3 Å². The monoisotopic (exact) mass is 249 g/mol. The quantitative estimate of drug-likeness (QED) is 0.686. The van der Waals surface area contributed by atoms with Gasteiger partial charge in [0.05, 0.1) is 11.8 Å². The van der Waals surface area contributed by atoms with Gasteiger partial charge in [-0.2, -0.15) is 5.26 Å². The Bertz CT molecular complexity index is 390. The molecule has 86 valence electrons. The van der Waals surface area contributed by atoms with Crippen LogP contribution in [0.4, 0.5) is 0 Å². The van der Waals surface area contributed by atoms with Crippen LogP contribution in [-0.4, -0.2) is 36.1 Å². The third-order valence-corrected chi connectivity index (χ3v) is 5.36. The second kappa shape index (κ2) is 4.62. The number of nitriles is 1. The van der Waals surface area contributed by atoms with Gasteiger partial charge in [-0.25, -0.2) is 8.42 Å². The highest BCUT2D eigenvalue weighted by atomic mass is 32.2. The van der Waals surface area contributed by atoms with Crippen LogP contribution in [0, 0.1) is 16.7 Å². The van der Waals surface area contributed by atoms with Crippen molar-refractivity contribution in [3.05, 3.63) is 0 Å². The fraction of sp³-hybridized carbons (Fsp3) is 0.889. The lowest BCUT2D eigenvalue weighted by Gasteiger charge is -2.09. The van der Waals surface area contributed by atoms with Gasteiger partial charge in [-0.15, -0.1) is 0 Å². The summed E-state index contributed by atoms with van der Waals surface area (Å²) >= 11 is 0. The smallest absolute Gasteiger partial charge is 0.148 e. The highest BCUT2D eigenvalue weighted by molar-refractivity contribution is 7.92. The summed E-state index contributed by atoms with van der Waals surface area (Å²) in [5.41, 5.74) is -0.0584. The first-order valence-electron chi connectivity index (χ1n) is 4.77. The van der Waals surface area contributed by atoms with E-state index in [1.165, 1.54) is 0 Å². The Hall–Kier alpha value is -0.410. The van der Waals surface area contributed by atoms with E-state index < -0.39 is 20.6 Å². The Morgan fingerprint density at radius 1 is 1.47 bits per heavy atom. The van der Waals surface area contributed by atoms with Crippen LogP contribution in [0.25, 0.3) is 0 Å². The lowest BCUT2D eigenvalue weighted by atomic mass is 10.1. The number of sulfone groups is 1. The molecule has 1 saturated carbocycles. The third kappa shape index (κ3) is 4.76. The summed E-state index contributed by atoms with van der Waals surface area (Å²) in [4.78, 5) is 0. The molecule has 0 N–H and O–H groups in total. The fourth-order valence-corrected chi connectivity index (χ4v) is 4.55. The molecule has 1 rings (SSSR count). The Balaban J connectivity index is 2.35. The Morgan fingerprint density at radius 3 is 2.47 bits per heavy atom. The number of hydrogen-bond acceptors (Lipinski definition) is 4. The zero-order valence-corrected chi connectivity index (χ0v) is 10.4. The van der Waals surface area contributed by atoms with Crippen molar-refractivity contribution in [2.45, 2.75) is 19.3 Å². The van der Waals surface area contributed by atoms with Crippen LogP contribution in [0.3, 0.4) is 0 Å². The van der Waals surface area contributed by atoms with Crippen molar-refractivity contribution in [2.24, 2.45) is 5.41 Å². The van der Waals surface area contributed by atoms with Crippen molar-refractivity contribution in [3.63, 3.8) is 0 Å². The molecule has 1 atom stereocenters. The first-order chi connectivity index (χ1) is 6.87. The number of hydrogen-bond donors (Lipinski definition) is 0. The maximum atomic E-state index is 11.6. The first kappa shape index (κ1) is 12.7. The first-order valence-corrected chi connectivity index (χ1v) is 8.31. The average molecular weight is 249 g/mol. The molecule has 1 aliphatic rings. The summed E-state index contributed by atoms with van der Waals surface area (Å²) in [5.74, 6) is 0.657. The molecular formula is C9H15NO3S2. The van der Waals surface area contributed by atoms with E-state index in [4.69, 9.17) is 5.26 Å². The SMILES string of the molecule is CS(=O)(=O)CCS(=O)CC1(CC#N)CC1. The molecule has 0 heterocycles. The summed E-state index contributed by atoms with van der Waals surface area (Å²) in [6.45, 7) is 0. The molecule has 0 aromatic carbocycles.